The van der Waals surface area contributed by atoms with Gasteiger partial charge in [-0.15, -0.1) is 0 Å². The van der Waals surface area contributed by atoms with Crippen molar-refractivity contribution in [2.24, 2.45) is 0 Å². The molecule has 0 unspecified atom stereocenters. The smallest absolute Gasteiger partial charge is 0.387 e. The molecule has 2 aromatic heterocycles. The first-order valence-electron chi connectivity index (χ1n) is 9.08. The van der Waals surface area contributed by atoms with Gasteiger partial charge in [-0.05, 0) is 42.5 Å². The van der Waals surface area contributed by atoms with Crippen molar-refractivity contribution in [3.63, 3.8) is 0 Å². The Morgan fingerprint density at radius 1 is 1.03 bits per heavy atom. The number of benzene rings is 2. The lowest BCUT2D eigenvalue weighted by Crippen LogP contribution is -2.12. The number of fused-ring (bicyclic) bond motifs is 1. The molecule has 0 saturated heterocycles. The number of carbonyl (C=O) groups excluding carboxylic acids is 1. The molecule has 0 atom stereocenters. The van der Waals surface area contributed by atoms with Gasteiger partial charge in [0.1, 0.15) is 23.8 Å². The van der Waals surface area contributed by atoms with Crippen molar-refractivity contribution in [3.8, 4) is 11.5 Å². The van der Waals surface area contributed by atoms with Gasteiger partial charge in [0, 0.05) is 29.7 Å². The number of pyridine rings is 1. The molecule has 4 rings (SSSR count). The molecule has 4 aromatic rings. The molecule has 0 aliphatic rings. The number of amides is 1. The number of carbonyl (C=O) groups is 1. The van der Waals surface area contributed by atoms with Crippen molar-refractivity contribution in [1.82, 2.24) is 9.38 Å². The van der Waals surface area contributed by atoms with Crippen molar-refractivity contribution in [2.75, 3.05) is 5.32 Å². The zero-order valence-corrected chi connectivity index (χ0v) is 15.7. The van der Waals surface area contributed by atoms with Gasteiger partial charge in [-0.3, -0.25) is 4.79 Å². The fourth-order valence-corrected chi connectivity index (χ4v) is 2.89. The number of rotatable bonds is 7. The van der Waals surface area contributed by atoms with Crippen LogP contribution in [0.4, 0.5) is 14.5 Å². The molecule has 0 radical (unpaired) electrons. The summed E-state index contributed by atoms with van der Waals surface area (Å²) >= 11 is 0. The minimum atomic E-state index is -2.93. The number of aromatic nitrogens is 2. The summed E-state index contributed by atoms with van der Waals surface area (Å²) in [4.78, 5) is 17.0. The lowest BCUT2D eigenvalue weighted by Gasteiger charge is -2.10. The maximum atomic E-state index is 12.5. The maximum Gasteiger partial charge on any atom is 0.387 e. The van der Waals surface area contributed by atoms with Crippen LogP contribution in [0.25, 0.3) is 5.65 Å². The van der Waals surface area contributed by atoms with Crippen LogP contribution in [0.5, 0.6) is 11.5 Å². The van der Waals surface area contributed by atoms with Crippen molar-refractivity contribution < 1.29 is 23.0 Å². The zero-order valence-electron chi connectivity index (χ0n) is 15.7. The Morgan fingerprint density at radius 2 is 1.87 bits per heavy atom. The van der Waals surface area contributed by atoms with E-state index in [1.165, 1.54) is 18.2 Å². The van der Waals surface area contributed by atoms with Gasteiger partial charge in [0.05, 0.1) is 5.69 Å². The van der Waals surface area contributed by atoms with E-state index in [0.29, 0.717) is 17.0 Å². The summed E-state index contributed by atoms with van der Waals surface area (Å²) in [5.74, 6) is 0.0733. The van der Waals surface area contributed by atoms with Crippen LogP contribution in [-0.2, 0) is 6.61 Å². The molecule has 0 aliphatic heterocycles. The highest BCUT2D eigenvalue weighted by molar-refractivity contribution is 6.04. The van der Waals surface area contributed by atoms with E-state index in [9.17, 15) is 13.6 Å². The van der Waals surface area contributed by atoms with E-state index in [-0.39, 0.29) is 12.4 Å². The highest BCUT2D eigenvalue weighted by Crippen LogP contribution is 2.21. The SMILES string of the molecule is O=C(Nc1cccc(OC(F)F)c1)c1cccc(OCc2cn3ccccc3n2)c1. The number of hydrogen-bond donors (Lipinski definition) is 1. The number of nitrogens with zero attached hydrogens (tertiary/aromatic N) is 2. The van der Waals surface area contributed by atoms with Crippen LogP contribution < -0.4 is 14.8 Å². The summed E-state index contributed by atoms with van der Waals surface area (Å²) in [6.07, 6.45) is 3.78. The van der Waals surface area contributed by atoms with Gasteiger partial charge in [0.25, 0.3) is 5.91 Å². The Bertz CT molecular complexity index is 1140. The van der Waals surface area contributed by atoms with Gasteiger partial charge >= 0.3 is 6.61 Å². The van der Waals surface area contributed by atoms with Crippen LogP contribution in [0.2, 0.25) is 0 Å². The summed E-state index contributed by atoms with van der Waals surface area (Å²) in [7, 11) is 0. The predicted molar refractivity (Wildman–Crippen MR) is 107 cm³/mol. The zero-order chi connectivity index (χ0) is 20.9. The minimum absolute atomic E-state index is 0.0349. The van der Waals surface area contributed by atoms with Gasteiger partial charge in [0.2, 0.25) is 0 Å². The van der Waals surface area contributed by atoms with Gasteiger partial charge in [-0.25, -0.2) is 4.98 Å². The largest absolute Gasteiger partial charge is 0.487 e. The van der Waals surface area contributed by atoms with Crippen molar-refractivity contribution in [3.05, 3.63) is 90.4 Å². The molecular weight excluding hydrogens is 392 g/mol. The molecule has 6 nitrogen and oxygen atoms in total. The molecule has 30 heavy (non-hydrogen) atoms. The average Bonchev–Trinajstić information content (AvgIpc) is 3.15. The van der Waals surface area contributed by atoms with Crippen LogP contribution >= 0.6 is 0 Å². The molecule has 0 aliphatic carbocycles. The van der Waals surface area contributed by atoms with Crippen molar-refractivity contribution in [1.29, 1.82) is 0 Å². The number of imidazole rings is 1. The van der Waals surface area contributed by atoms with Gasteiger partial charge in [-0.2, -0.15) is 8.78 Å². The molecule has 0 bridgehead atoms. The molecule has 152 valence electrons. The fourth-order valence-electron chi connectivity index (χ4n) is 2.89. The number of ether oxygens (including phenoxy) is 2. The van der Waals surface area contributed by atoms with E-state index < -0.39 is 12.5 Å². The average molecular weight is 409 g/mol. The normalized spacial score (nSPS) is 10.9. The Labute approximate surface area is 170 Å². The van der Waals surface area contributed by atoms with E-state index in [1.807, 2.05) is 35.0 Å². The third kappa shape index (κ3) is 4.72. The second-order valence-electron chi connectivity index (χ2n) is 6.38. The second kappa shape index (κ2) is 8.60. The Hall–Kier alpha value is -3.94. The third-order valence-corrected chi connectivity index (χ3v) is 4.21. The number of alkyl halides is 2. The van der Waals surface area contributed by atoms with Gasteiger partial charge < -0.3 is 19.2 Å². The molecule has 0 saturated carbocycles. The van der Waals surface area contributed by atoms with E-state index >= 15 is 0 Å². The molecule has 8 heteroatoms. The fraction of sp³-hybridized carbons (Fsp3) is 0.0909. The molecule has 2 heterocycles. The summed E-state index contributed by atoms with van der Waals surface area (Å²) in [6, 6.07) is 18.2. The van der Waals surface area contributed by atoms with Crippen molar-refractivity contribution in [2.45, 2.75) is 13.2 Å². The minimum Gasteiger partial charge on any atom is -0.487 e. The third-order valence-electron chi connectivity index (χ3n) is 4.21. The Balaban J connectivity index is 1.41. The number of hydrogen-bond acceptors (Lipinski definition) is 4. The number of anilines is 1. The summed E-state index contributed by atoms with van der Waals surface area (Å²) < 4.78 is 36.7. The van der Waals surface area contributed by atoms with Crippen LogP contribution in [0.3, 0.4) is 0 Å². The number of halogens is 2. The molecule has 1 N–H and O–H groups in total. The van der Waals surface area contributed by atoms with Crippen LogP contribution in [0.15, 0.2) is 79.1 Å². The van der Waals surface area contributed by atoms with E-state index in [0.717, 1.165) is 11.3 Å². The number of nitrogens with one attached hydrogen (secondary N) is 1. The first kappa shape index (κ1) is 19.4. The molecular formula is C22H17F2N3O3. The van der Waals surface area contributed by atoms with Crippen molar-refractivity contribution >= 4 is 17.2 Å². The first-order valence-corrected chi connectivity index (χ1v) is 9.08. The Kier molecular flexibility index (Phi) is 5.56. The Morgan fingerprint density at radius 3 is 2.70 bits per heavy atom. The van der Waals surface area contributed by atoms with Crippen LogP contribution in [-0.4, -0.2) is 21.9 Å². The summed E-state index contributed by atoms with van der Waals surface area (Å²) in [6.45, 7) is -2.68. The topological polar surface area (TPSA) is 64.9 Å². The van der Waals surface area contributed by atoms with Crippen LogP contribution in [0, 0.1) is 0 Å². The quantitative estimate of drug-likeness (QED) is 0.478. The highest BCUT2D eigenvalue weighted by Gasteiger charge is 2.10. The summed E-state index contributed by atoms with van der Waals surface area (Å²) in [5.41, 5.74) is 2.28. The van der Waals surface area contributed by atoms with Crippen LogP contribution in [0.1, 0.15) is 16.1 Å². The van der Waals surface area contributed by atoms with E-state index in [4.69, 9.17) is 4.74 Å². The lowest BCUT2D eigenvalue weighted by atomic mass is 10.2. The molecule has 1 amide bonds. The lowest BCUT2D eigenvalue weighted by molar-refractivity contribution is -0.0498. The maximum absolute atomic E-state index is 12.5. The molecule has 2 aromatic carbocycles. The second-order valence-corrected chi connectivity index (χ2v) is 6.38. The first-order chi connectivity index (χ1) is 14.6. The van der Waals surface area contributed by atoms with Gasteiger partial charge in [-0.1, -0.05) is 18.2 Å². The highest BCUT2D eigenvalue weighted by atomic mass is 19.3. The molecule has 0 spiro atoms. The predicted octanol–water partition coefficient (Wildman–Crippen LogP) is 4.77. The monoisotopic (exact) mass is 409 g/mol. The van der Waals surface area contributed by atoms with E-state index in [1.54, 1.807) is 30.3 Å². The van der Waals surface area contributed by atoms with Gasteiger partial charge in [0.15, 0.2) is 0 Å². The van der Waals surface area contributed by atoms with E-state index in [2.05, 4.69) is 15.0 Å². The molecule has 0 fully saturated rings. The standard InChI is InChI=1S/C22H17F2N3O3/c23-22(24)30-19-8-4-6-16(12-19)26-21(28)15-5-3-7-18(11-15)29-14-17-13-27-10-2-1-9-20(27)25-17/h1-13,22H,14H2,(H,26,28). The summed E-state index contributed by atoms with van der Waals surface area (Å²) in [5, 5.41) is 2.66.